The van der Waals surface area contributed by atoms with Crippen LogP contribution in [0.25, 0.3) is 0 Å². The molecule has 1 N–H and O–H groups in total. The number of halogens is 2. The first-order valence-corrected chi connectivity index (χ1v) is 14.0. The molecule has 0 saturated heterocycles. The number of ether oxygens (including phenoxy) is 2. The molecule has 196 valence electrons. The van der Waals surface area contributed by atoms with Gasteiger partial charge in [-0.1, -0.05) is 29.3 Å². The van der Waals surface area contributed by atoms with Crippen LogP contribution in [-0.2, 0) is 26.2 Å². The molecule has 0 radical (unpaired) electrons. The maximum Gasteiger partial charge on any atom is 0.242 e. The van der Waals surface area contributed by atoms with Gasteiger partial charge in [-0.3, -0.25) is 13.9 Å². The molecule has 0 unspecified atom stereocenters. The zero-order valence-electron chi connectivity index (χ0n) is 20.3. The summed E-state index contributed by atoms with van der Waals surface area (Å²) >= 11 is 12.6. The van der Waals surface area contributed by atoms with Gasteiger partial charge in [0.2, 0.25) is 28.6 Å². The SMILES string of the molecule is CCNC(=O)[C@@H](C)N(Cc1c(Cl)cccc1Cl)C(=O)CCCN(c1ccc2c(c1)OCO2)S(C)(=O)=O. The Hall–Kier alpha value is -2.69. The smallest absolute Gasteiger partial charge is 0.242 e. The predicted molar refractivity (Wildman–Crippen MR) is 139 cm³/mol. The van der Waals surface area contributed by atoms with Crippen molar-refractivity contribution in [3.05, 3.63) is 52.0 Å². The van der Waals surface area contributed by atoms with Gasteiger partial charge in [0.25, 0.3) is 0 Å². The van der Waals surface area contributed by atoms with Gasteiger partial charge in [-0.25, -0.2) is 8.42 Å². The third kappa shape index (κ3) is 6.74. The van der Waals surface area contributed by atoms with Crippen molar-refractivity contribution in [1.82, 2.24) is 10.2 Å². The van der Waals surface area contributed by atoms with Crippen molar-refractivity contribution in [2.24, 2.45) is 0 Å². The summed E-state index contributed by atoms with van der Waals surface area (Å²) in [4.78, 5) is 27.3. The maximum atomic E-state index is 13.3. The summed E-state index contributed by atoms with van der Waals surface area (Å²) in [6, 6.07) is 9.10. The molecule has 1 aliphatic rings. The topological polar surface area (TPSA) is 105 Å². The van der Waals surface area contributed by atoms with E-state index in [9.17, 15) is 18.0 Å². The van der Waals surface area contributed by atoms with Crippen LogP contribution in [0.1, 0.15) is 32.3 Å². The Labute approximate surface area is 221 Å². The highest BCUT2D eigenvalue weighted by atomic mass is 35.5. The lowest BCUT2D eigenvalue weighted by molar-refractivity contribution is -0.140. The highest BCUT2D eigenvalue weighted by molar-refractivity contribution is 7.92. The molecule has 1 heterocycles. The fraction of sp³-hybridized carbons (Fsp3) is 0.417. The summed E-state index contributed by atoms with van der Waals surface area (Å²) < 4.78 is 36.9. The Kier molecular flexibility index (Phi) is 9.32. The van der Waals surface area contributed by atoms with E-state index in [2.05, 4.69) is 5.32 Å². The van der Waals surface area contributed by atoms with E-state index >= 15 is 0 Å². The van der Waals surface area contributed by atoms with Gasteiger partial charge in [0.15, 0.2) is 11.5 Å². The third-order valence-corrected chi connectivity index (χ3v) is 7.61. The minimum atomic E-state index is -3.64. The molecule has 2 aromatic rings. The lowest BCUT2D eigenvalue weighted by Gasteiger charge is -2.30. The summed E-state index contributed by atoms with van der Waals surface area (Å²) in [6.07, 6.45) is 1.32. The molecule has 0 bridgehead atoms. The van der Waals surface area contributed by atoms with Crippen molar-refractivity contribution in [3.8, 4) is 11.5 Å². The molecule has 0 saturated carbocycles. The predicted octanol–water partition coefficient (Wildman–Crippen LogP) is 3.82. The number of hydrogen-bond acceptors (Lipinski definition) is 6. The third-order valence-electron chi connectivity index (χ3n) is 5.70. The molecule has 9 nitrogen and oxygen atoms in total. The number of rotatable bonds is 11. The number of amides is 2. The van der Waals surface area contributed by atoms with Gasteiger partial charge in [0.05, 0.1) is 11.9 Å². The summed E-state index contributed by atoms with van der Waals surface area (Å²) in [5.74, 6) is 0.349. The van der Waals surface area contributed by atoms with Crippen molar-refractivity contribution in [3.63, 3.8) is 0 Å². The molecule has 1 aliphatic heterocycles. The standard InChI is InChI=1S/C24H29Cl2N3O6S/c1-4-27-24(31)16(2)28(14-18-19(25)7-5-8-20(18)26)23(30)9-6-12-29(36(3,32)33)17-10-11-21-22(13-17)35-15-34-21/h5,7-8,10-11,13,16H,4,6,9,12,14-15H2,1-3H3,(H,27,31)/t16-/m1/s1. The first-order chi connectivity index (χ1) is 17.0. The van der Waals surface area contributed by atoms with E-state index < -0.39 is 16.1 Å². The van der Waals surface area contributed by atoms with Gasteiger partial charge in [0, 0.05) is 47.7 Å². The molecule has 2 amide bonds. The van der Waals surface area contributed by atoms with Crippen LogP contribution in [0, 0.1) is 0 Å². The van der Waals surface area contributed by atoms with Crippen LogP contribution in [0.2, 0.25) is 10.0 Å². The molecule has 12 heteroatoms. The summed E-state index contributed by atoms with van der Waals surface area (Å²) in [5.41, 5.74) is 0.938. The van der Waals surface area contributed by atoms with Crippen LogP contribution in [0.15, 0.2) is 36.4 Å². The number of likely N-dealkylation sites (N-methyl/N-ethyl adjacent to an activating group) is 1. The van der Waals surface area contributed by atoms with E-state index in [1.54, 1.807) is 50.2 Å². The van der Waals surface area contributed by atoms with Crippen LogP contribution in [-0.4, -0.2) is 57.3 Å². The van der Waals surface area contributed by atoms with Crippen molar-refractivity contribution >= 4 is 50.7 Å². The molecule has 36 heavy (non-hydrogen) atoms. The molecular weight excluding hydrogens is 529 g/mol. The number of anilines is 1. The average molecular weight is 558 g/mol. The Morgan fingerprint density at radius 3 is 2.42 bits per heavy atom. The Balaban J connectivity index is 1.76. The monoisotopic (exact) mass is 557 g/mol. The van der Waals surface area contributed by atoms with Crippen LogP contribution in [0.4, 0.5) is 5.69 Å². The van der Waals surface area contributed by atoms with E-state index in [1.165, 1.54) is 9.21 Å². The largest absolute Gasteiger partial charge is 0.454 e. The van der Waals surface area contributed by atoms with Gasteiger partial charge in [-0.2, -0.15) is 0 Å². The Morgan fingerprint density at radius 1 is 1.11 bits per heavy atom. The van der Waals surface area contributed by atoms with Crippen LogP contribution in [0.3, 0.4) is 0 Å². The fourth-order valence-electron chi connectivity index (χ4n) is 3.80. The molecule has 2 aromatic carbocycles. The Bertz CT molecular complexity index is 1200. The second kappa shape index (κ2) is 12.0. The summed E-state index contributed by atoms with van der Waals surface area (Å²) in [5, 5.41) is 3.49. The minimum absolute atomic E-state index is 0.00237. The number of sulfonamides is 1. The zero-order chi connectivity index (χ0) is 26.5. The zero-order valence-corrected chi connectivity index (χ0v) is 22.6. The van der Waals surface area contributed by atoms with Crippen LogP contribution < -0.4 is 19.1 Å². The van der Waals surface area contributed by atoms with E-state index in [-0.39, 0.29) is 44.5 Å². The van der Waals surface area contributed by atoms with Crippen LogP contribution >= 0.6 is 23.2 Å². The van der Waals surface area contributed by atoms with E-state index in [0.717, 1.165) is 6.26 Å². The average Bonchev–Trinajstić information content (AvgIpc) is 3.28. The minimum Gasteiger partial charge on any atom is -0.454 e. The second-order valence-electron chi connectivity index (χ2n) is 8.27. The quantitative estimate of drug-likeness (QED) is 0.450. The van der Waals surface area contributed by atoms with Crippen molar-refractivity contribution in [2.45, 2.75) is 39.3 Å². The summed E-state index contributed by atoms with van der Waals surface area (Å²) in [7, 11) is -3.64. The number of benzene rings is 2. The first-order valence-electron chi connectivity index (χ1n) is 11.4. The van der Waals surface area contributed by atoms with Gasteiger partial charge >= 0.3 is 0 Å². The van der Waals surface area contributed by atoms with Crippen molar-refractivity contribution in [1.29, 1.82) is 0 Å². The fourth-order valence-corrected chi connectivity index (χ4v) is 5.28. The number of hydrogen-bond donors (Lipinski definition) is 1. The van der Waals surface area contributed by atoms with Crippen LogP contribution in [0.5, 0.6) is 11.5 Å². The number of carbonyl (C=O) groups excluding carboxylic acids is 2. The highest BCUT2D eigenvalue weighted by Gasteiger charge is 2.28. The molecule has 0 spiro atoms. The molecule has 0 aliphatic carbocycles. The molecule has 1 atom stereocenters. The number of nitrogens with zero attached hydrogens (tertiary/aromatic N) is 2. The highest BCUT2D eigenvalue weighted by Crippen LogP contribution is 2.36. The van der Waals surface area contributed by atoms with E-state index in [0.29, 0.717) is 39.3 Å². The van der Waals surface area contributed by atoms with Crippen molar-refractivity contribution < 1.29 is 27.5 Å². The van der Waals surface area contributed by atoms with E-state index in [1.807, 2.05) is 0 Å². The normalized spacial score (nSPS) is 13.2. The molecule has 3 rings (SSSR count). The van der Waals surface area contributed by atoms with Gasteiger partial charge < -0.3 is 19.7 Å². The summed E-state index contributed by atoms with van der Waals surface area (Å²) in [6.45, 7) is 3.99. The molecular formula is C24H29Cl2N3O6S. The first kappa shape index (κ1) is 27.9. The lowest BCUT2D eigenvalue weighted by atomic mass is 10.1. The molecule has 0 aromatic heterocycles. The lowest BCUT2D eigenvalue weighted by Crippen LogP contribution is -2.47. The number of fused-ring (bicyclic) bond motifs is 1. The number of nitrogens with one attached hydrogen (secondary N) is 1. The van der Waals surface area contributed by atoms with Gasteiger partial charge in [-0.05, 0) is 44.5 Å². The number of carbonyl (C=O) groups is 2. The Morgan fingerprint density at radius 2 is 1.78 bits per heavy atom. The van der Waals surface area contributed by atoms with E-state index in [4.69, 9.17) is 32.7 Å². The molecule has 0 fully saturated rings. The maximum absolute atomic E-state index is 13.3. The van der Waals surface area contributed by atoms with Crippen molar-refractivity contribution in [2.75, 3.05) is 30.4 Å². The van der Waals surface area contributed by atoms with Gasteiger partial charge in [-0.15, -0.1) is 0 Å². The second-order valence-corrected chi connectivity index (χ2v) is 11.0. The van der Waals surface area contributed by atoms with Gasteiger partial charge in [0.1, 0.15) is 6.04 Å².